The number of carbonyl (C=O) groups is 1. The summed E-state index contributed by atoms with van der Waals surface area (Å²) in [5, 5.41) is 0. The van der Waals surface area contributed by atoms with Crippen molar-refractivity contribution in [3.05, 3.63) is 35.1 Å². The summed E-state index contributed by atoms with van der Waals surface area (Å²) in [6.45, 7) is 7.67. The fraction of sp³-hybridized carbons (Fsp3) is 0.562. The highest BCUT2D eigenvalue weighted by Crippen LogP contribution is 2.37. The molecule has 0 spiro atoms. The Labute approximate surface area is 114 Å². The van der Waals surface area contributed by atoms with Crippen LogP contribution in [-0.4, -0.2) is 23.9 Å². The van der Waals surface area contributed by atoms with E-state index in [0.29, 0.717) is 0 Å². The first-order valence-corrected chi connectivity index (χ1v) is 7.07. The molecule has 1 amide bonds. The molecule has 19 heavy (non-hydrogen) atoms. The Kier molecular flexibility index (Phi) is 3.93. The van der Waals surface area contributed by atoms with Gasteiger partial charge in [-0.1, -0.05) is 19.9 Å². The van der Waals surface area contributed by atoms with Crippen LogP contribution in [0.15, 0.2) is 18.2 Å². The lowest BCUT2D eigenvalue weighted by Crippen LogP contribution is -2.32. The molecule has 1 aliphatic rings. The molecule has 0 bridgehead atoms. The highest BCUT2D eigenvalue weighted by molar-refractivity contribution is 5.94. The highest BCUT2D eigenvalue weighted by Gasteiger charge is 2.37. The number of aryl methyl sites for hydroxylation is 1. The lowest BCUT2D eigenvalue weighted by Gasteiger charge is -2.26. The van der Waals surface area contributed by atoms with Gasteiger partial charge in [0.25, 0.3) is 5.91 Å². The van der Waals surface area contributed by atoms with E-state index in [2.05, 4.69) is 13.8 Å². The van der Waals surface area contributed by atoms with Crippen molar-refractivity contribution in [2.24, 2.45) is 5.41 Å². The number of nitrogens with zero attached hydrogens (tertiary/aromatic N) is 1. The molecule has 1 aliphatic heterocycles. The average Bonchev–Trinajstić information content (AvgIpc) is 2.83. The van der Waals surface area contributed by atoms with Crippen LogP contribution in [0, 0.1) is 18.2 Å². The summed E-state index contributed by atoms with van der Waals surface area (Å²) in [4.78, 5) is 14.2. The zero-order valence-electron chi connectivity index (χ0n) is 12.0. The van der Waals surface area contributed by atoms with Crippen LogP contribution >= 0.6 is 0 Å². The summed E-state index contributed by atoms with van der Waals surface area (Å²) < 4.78 is 13.9. The molecule has 1 aromatic rings. The Morgan fingerprint density at radius 3 is 2.58 bits per heavy atom. The van der Waals surface area contributed by atoms with Crippen LogP contribution in [0.3, 0.4) is 0 Å². The van der Waals surface area contributed by atoms with Crippen molar-refractivity contribution in [2.75, 3.05) is 13.1 Å². The first-order chi connectivity index (χ1) is 9.01. The van der Waals surface area contributed by atoms with Gasteiger partial charge in [-0.15, -0.1) is 0 Å². The van der Waals surface area contributed by atoms with Gasteiger partial charge in [-0.3, -0.25) is 4.79 Å². The Morgan fingerprint density at radius 2 is 2.05 bits per heavy atom. The van der Waals surface area contributed by atoms with Crippen molar-refractivity contribution in [1.29, 1.82) is 0 Å². The second-order valence-electron chi connectivity index (χ2n) is 5.67. The molecule has 1 saturated heterocycles. The van der Waals surface area contributed by atoms with Gasteiger partial charge in [0, 0.05) is 13.1 Å². The van der Waals surface area contributed by atoms with Crippen molar-refractivity contribution < 1.29 is 9.18 Å². The molecule has 1 aromatic carbocycles. The molecule has 0 saturated carbocycles. The third kappa shape index (κ3) is 2.65. The van der Waals surface area contributed by atoms with Crippen molar-refractivity contribution in [1.82, 2.24) is 4.90 Å². The topological polar surface area (TPSA) is 20.3 Å². The molecule has 1 heterocycles. The fourth-order valence-corrected chi connectivity index (χ4v) is 2.90. The van der Waals surface area contributed by atoms with Crippen LogP contribution in [-0.2, 0) is 0 Å². The summed E-state index contributed by atoms with van der Waals surface area (Å²) >= 11 is 0. The van der Waals surface area contributed by atoms with Crippen molar-refractivity contribution in [3.63, 3.8) is 0 Å². The molecule has 104 valence electrons. The number of likely N-dealkylation sites (tertiary alicyclic amines) is 1. The molecule has 0 N–H and O–H groups in total. The van der Waals surface area contributed by atoms with Gasteiger partial charge in [0.15, 0.2) is 0 Å². The highest BCUT2D eigenvalue weighted by atomic mass is 19.1. The predicted octanol–water partition coefficient (Wildman–Crippen LogP) is 3.79. The minimum Gasteiger partial charge on any atom is -0.338 e. The lowest BCUT2D eigenvalue weighted by molar-refractivity contribution is 0.0765. The van der Waals surface area contributed by atoms with Crippen LogP contribution in [0.2, 0.25) is 0 Å². The zero-order chi connectivity index (χ0) is 14.0. The minimum atomic E-state index is -0.407. The van der Waals surface area contributed by atoms with Crippen molar-refractivity contribution >= 4 is 5.91 Å². The van der Waals surface area contributed by atoms with E-state index in [0.717, 1.165) is 37.9 Å². The molecule has 2 rings (SSSR count). The minimum absolute atomic E-state index is 0.165. The molecular weight excluding hydrogens is 241 g/mol. The zero-order valence-corrected chi connectivity index (χ0v) is 12.0. The number of rotatable bonds is 3. The normalized spacial score (nSPS) is 17.8. The monoisotopic (exact) mass is 263 g/mol. The predicted molar refractivity (Wildman–Crippen MR) is 74.7 cm³/mol. The Bertz CT molecular complexity index is 480. The van der Waals surface area contributed by atoms with Gasteiger partial charge >= 0.3 is 0 Å². The quantitative estimate of drug-likeness (QED) is 0.812. The Hall–Kier alpha value is -1.38. The first kappa shape index (κ1) is 14.0. The number of hydrogen-bond donors (Lipinski definition) is 0. The molecular formula is C16H22FNO. The third-order valence-corrected chi connectivity index (χ3v) is 4.58. The van der Waals surface area contributed by atoms with Crippen molar-refractivity contribution in [2.45, 2.75) is 40.0 Å². The SMILES string of the molecule is CCC1(CC)CCN(C(=O)c2ccc(C)cc2F)C1. The number of carbonyl (C=O) groups excluding carboxylic acids is 1. The van der Waals surface area contributed by atoms with Gasteiger partial charge in [-0.25, -0.2) is 4.39 Å². The van der Waals surface area contributed by atoms with E-state index < -0.39 is 5.82 Å². The molecule has 3 heteroatoms. The second kappa shape index (κ2) is 5.32. The molecule has 0 atom stereocenters. The molecule has 2 nitrogen and oxygen atoms in total. The van der Waals surface area contributed by atoms with E-state index in [1.807, 2.05) is 6.92 Å². The lowest BCUT2D eigenvalue weighted by atomic mass is 9.82. The van der Waals surface area contributed by atoms with Crippen LogP contribution in [0.25, 0.3) is 0 Å². The Morgan fingerprint density at radius 1 is 1.37 bits per heavy atom. The molecule has 0 aliphatic carbocycles. The van der Waals surface area contributed by atoms with Gasteiger partial charge in [0.1, 0.15) is 5.82 Å². The first-order valence-electron chi connectivity index (χ1n) is 7.07. The van der Waals surface area contributed by atoms with Gasteiger partial charge in [0.05, 0.1) is 5.56 Å². The van der Waals surface area contributed by atoms with Crippen LogP contribution in [0.1, 0.15) is 49.0 Å². The molecule has 0 radical (unpaired) electrons. The summed E-state index contributed by atoms with van der Waals surface area (Å²) in [5.41, 5.74) is 1.28. The van der Waals surface area contributed by atoms with E-state index in [1.165, 1.54) is 6.07 Å². The van der Waals surface area contributed by atoms with E-state index in [1.54, 1.807) is 17.0 Å². The molecule has 1 fully saturated rings. The largest absolute Gasteiger partial charge is 0.338 e. The second-order valence-corrected chi connectivity index (χ2v) is 5.67. The maximum atomic E-state index is 13.9. The standard InChI is InChI=1S/C16H22FNO/c1-4-16(5-2)8-9-18(11-16)15(19)13-7-6-12(3)10-14(13)17/h6-7,10H,4-5,8-9,11H2,1-3H3. The Balaban J connectivity index is 2.17. The van der Waals surface area contributed by atoms with E-state index in [-0.39, 0.29) is 16.9 Å². The smallest absolute Gasteiger partial charge is 0.256 e. The van der Waals surface area contributed by atoms with Crippen LogP contribution < -0.4 is 0 Å². The maximum Gasteiger partial charge on any atom is 0.256 e. The fourth-order valence-electron chi connectivity index (χ4n) is 2.90. The van der Waals surface area contributed by atoms with Crippen molar-refractivity contribution in [3.8, 4) is 0 Å². The number of hydrogen-bond acceptors (Lipinski definition) is 1. The molecule has 0 aromatic heterocycles. The van der Waals surface area contributed by atoms with Crippen LogP contribution in [0.5, 0.6) is 0 Å². The maximum absolute atomic E-state index is 13.9. The van der Waals surface area contributed by atoms with Gasteiger partial charge in [0.2, 0.25) is 0 Å². The van der Waals surface area contributed by atoms with Crippen LogP contribution in [0.4, 0.5) is 4.39 Å². The van der Waals surface area contributed by atoms with Gasteiger partial charge in [-0.05, 0) is 49.3 Å². The van der Waals surface area contributed by atoms with E-state index >= 15 is 0 Å². The summed E-state index contributed by atoms with van der Waals surface area (Å²) in [5.74, 6) is -0.572. The third-order valence-electron chi connectivity index (χ3n) is 4.58. The van der Waals surface area contributed by atoms with Gasteiger partial charge in [-0.2, -0.15) is 0 Å². The number of benzene rings is 1. The summed E-state index contributed by atoms with van der Waals surface area (Å²) in [6, 6.07) is 4.82. The summed E-state index contributed by atoms with van der Waals surface area (Å²) in [7, 11) is 0. The van der Waals surface area contributed by atoms with E-state index in [4.69, 9.17) is 0 Å². The van der Waals surface area contributed by atoms with Gasteiger partial charge < -0.3 is 4.90 Å². The van der Waals surface area contributed by atoms with E-state index in [9.17, 15) is 9.18 Å². The summed E-state index contributed by atoms with van der Waals surface area (Å²) in [6.07, 6.45) is 3.17. The average molecular weight is 263 g/mol. The number of halogens is 1. The molecule has 0 unspecified atom stereocenters. The number of amides is 1.